The van der Waals surface area contributed by atoms with Crippen molar-refractivity contribution in [3.8, 4) is 0 Å². The van der Waals surface area contributed by atoms with Crippen LogP contribution >= 0.6 is 0 Å². The Labute approximate surface area is 206 Å². The molecule has 2 aromatic rings. The molecule has 4 heterocycles. The minimum Gasteiger partial charge on any atom is -0.369 e. The topological polar surface area (TPSA) is 108 Å². The Kier molecular flexibility index (Phi) is 7.57. The number of carbonyl (C=O) groups excluding carboxylic acids is 1. The highest BCUT2D eigenvalue weighted by atomic mass is 19.4. The van der Waals surface area contributed by atoms with Gasteiger partial charge >= 0.3 is 12.4 Å². The molecule has 2 aliphatic rings. The van der Waals surface area contributed by atoms with Crippen LogP contribution in [0.2, 0.25) is 0 Å². The number of nitrogens with zero attached hydrogens (tertiary/aromatic N) is 6. The van der Waals surface area contributed by atoms with E-state index in [2.05, 4.69) is 15.1 Å². The second-order valence-electron chi connectivity index (χ2n) is 8.61. The maximum Gasteiger partial charge on any atom is 0.421 e. The second-order valence-corrected chi connectivity index (χ2v) is 8.61. The Hall–Kier alpha value is -3.43. The first-order valence-corrected chi connectivity index (χ1v) is 11.4. The van der Waals surface area contributed by atoms with Crippen LogP contribution in [-0.2, 0) is 21.9 Å². The quantitative estimate of drug-likeness (QED) is 0.560. The van der Waals surface area contributed by atoms with Gasteiger partial charge in [0, 0.05) is 51.2 Å². The lowest BCUT2D eigenvalue weighted by Crippen LogP contribution is -2.50. The average molecular weight is 535 g/mol. The molecule has 202 valence electrons. The summed E-state index contributed by atoms with van der Waals surface area (Å²) in [6, 6.07) is 0.392. The molecule has 16 heteroatoms. The molecule has 2 saturated heterocycles. The number of piperazine rings is 1. The minimum absolute atomic E-state index is 0.0223. The van der Waals surface area contributed by atoms with Gasteiger partial charge < -0.3 is 19.4 Å². The molecule has 1 atom stereocenters. The van der Waals surface area contributed by atoms with E-state index >= 15 is 0 Å². The number of alkyl halides is 6. The van der Waals surface area contributed by atoms with Crippen LogP contribution in [0.1, 0.15) is 24.0 Å². The molecule has 0 radical (unpaired) electrons. The molecule has 1 N–H and O–H groups in total. The largest absolute Gasteiger partial charge is 0.421 e. The number of amides is 1. The van der Waals surface area contributed by atoms with E-state index in [9.17, 15) is 35.9 Å². The van der Waals surface area contributed by atoms with Crippen LogP contribution in [0, 0.1) is 0 Å². The predicted molar refractivity (Wildman–Crippen MR) is 117 cm³/mol. The van der Waals surface area contributed by atoms with E-state index in [0.29, 0.717) is 64.0 Å². The molecular formula is C21H23F6N7O3. The maximum atomic E-state index is 13.1. The first-order chi connectivity index (χ1) is 17.4. The lowest BCUT2D eigenvalue weighted by atomic mass is 10.2. The summed E-state index contributed by atoms with van der Waals surface area (Å²) >= 11 is 0. The monoisotopic (exact) mass is 535 g/mol. The fraction of sp³-hybridized carbons (Fsp3) is 0.571. The summed E-state index contributed by atoms with van der Waals surface area (Å²) in [5, 5.41) is 5.62. The van der Waals surface area contributed by atoms with Crippen molar-refractivity contribution in [2.45, 2.75) is 31.2 Å². The van der Waals surface area contributed by atoms with Crippen LogP contribution in [0.5, 0.6) is 0 Å². The van der Waals surface area contributed by atoms with Crippen LogP contribution < -0.4 is 15.4 Å². The zero-order valence-corrected chi connectivity index (χ0v) is 19.3. The number of rotatable bonds is 6. The molecule has 0 saturated carbocycles. The number of carbonyl (C=O) groups is 1. The van der Waals surface area contributed by atoms with E-state index in [1.54, 1.807) is 14.7 Å². The van der Waals surface area contributed by atoms with Crippen molar-refractivity contribution in [1.29, 1.82) is 0 Å². The Bertz CT molecular complexity index is 1150. The van der Waals surface area contributed by atoms with Crippen molar-refractivity contribution in [2.24, 2.45) is 0 Å². The summed E-state index contributed by atoms with van der Waals surface area (Å²) < 4.78 is 82.8. The third-order valence-electron chi connectivity index (χ3n) is 6.18. The molecule has 0 unspecified atom stereocenters. The number of nitrogens with one attached hydrogen (secondary N) is 1. The van der Waals surface area contributed by atoms with E-state index in [-0.39, 0.29) is 36.9 Å². The van der Waals surface area contributed by atoms with Gasteiger partial charge in [-0.2, -0.15) is 31.4 Å². The SMILES string of the molecule is O=C(COC[C@H]1CCCN1c1cc(C(F)(F)F)c(=O)[nH]n1)N1CCN(c2ncc(C(F)(F)F)cn2)CC1. The number of hydrogen-bond acceptors (Lipinski definition) is 8. The highest BCUT2D eigenvalue weighted by Gasteiger charge is 2.36. The normalized spacial score (nSPS) is 19.0. The zero-order valence-electron chi connectivity index (χ0n) is 19.3. The standard InChI is InChI=1S/C21H23F6N7O3/c22-20(23,24)13-9-28-19(29-10-13)33-6-4-32(5-7-33)17(35)12-37-11-14-2-1-3-34(14)16-8-15(21(25,26)27)18(36)31-30-16/h8-10,14H,1-7,11-12H2,(H,31,36)/t14-/m1/s1. The lowest BCUT2D eigenvalue weighted by molar-refractivity contribution is -0.139. The van der Waals surface area contributed by atoms with Crippen molar-refractivity contribution in [3.63, 3.8) is 0 Å². The van der Waals surface area contributed by atoms with Crippen LogP contribution in [0.15, 0.2) is 23.3 Å². The molecular weight excluding hydrogens is 512 g/mol. The maximum absolute atomic E-state index is 13.1. The number of hydrogen-bond donors (Lipinski definition) is 1. The van der Waals surface area contributed by atoms with Crippen molar-refractivity contribution >= 4 is 17.7 Å². The number of aromatic nitrogens is 4. The van der Waals surface area contributed by atoms with E-state index in [0.717, 1.165) is 0 Å². The Morgan fingerprint density at radius 2 is 1.70 bits per heavy atom. The van der Waals surface area contributed by atoms with E-state index < -0.39 is 29.0 Å². The molecule has 0 aromatic carbocycles. The molecule has 2 aromatic heterocycles. The van der Waals surface area contributed by atoms with Gasteiger partial charge in [0.1, 0.15) is 18.0 Å². The van der Waals surface area contributed by atoms with Gasteiger partial charge in [-0.05, 0) is 12.8 Å². The summed E-state index contributed by atoms with van der Waals surface area (Å²) in [7, 11) is 0. The fourth-order valence-corrected chi connectivity index (χ4v) is 4.22. The molecule has 2 fully saturated rings. The third kappa shape index (κ3) is 6.29. The third-order valence-corrected chi connectivity index (χ3v) is 6.18. The molecule has 4 rings (SSSR count). The molecule has 0 bridgehead atoms. The summed E-state index contributed by atoms with van der Waals surface area (Å²) in [4.78, 5) is 36.4. The number of ether oxygens (including phenoxy) is 1. The molecule has 0 spiro atoms. The summed E-state index contributed by atoms with van der Waals surface area (Å²) in [6.45, 7) is 1.50. The smallest absolute Gasteiger partial charge is 0.369 e. The Balaban J connectivity index is 1.26. The van der Waals surface area contributed by atoms with Crippen LogP contribution in [0.25, 0.3) is 0 Å². The highest BCUT2D eigenvalue weighted by Crippen LogP contribution is 2.30. The predicted octanol–water partition coefficient (Wildman–Crippen LogP) is 1.93. The molecule has 0 aliphatic carbocycles. The molecule has 1 amide bonds. The first kappa shape index (κ1) is 26.6. The van der Waals surface area contributed by atoms with Crippen LogP contribution in [0.3, 0.4) is 0 Å². The molecule has 2 aliphatic heterocycles. The lowest BCUT2D eigenvalue weighted by Gasteiger charge is -2.34. The average Bonchev–Trinajstić information content (AvgIpc) is 3.32. The van der Waals surface area contributed by atoms with Crippen molar-refractivity contribution in [3.05, 3.63) is 39.9 Å². The number of halogens is 6. The van der Waals surface area contributed by atoms with E-state index in [1.807, 2.05) is 5.10 Å². The number of anilines is 2. The molecule has 10 nitrogen and oxygen atoms in total. The number of aromatic amines is 1. The van der Waals surface area contributed by atoms with E-state index in [1.165, 1.54) is 0 Å². The van der Waals surface area contributed by atoms with Crippen LogP contribution in [-0.4, -0.2) is 83.0 Å². The van der Waals surface area contributed by atoms with Gasteiger partial charge in [-0.25, -0.2) is 15.1 Å². The summed E-state index contributed by atoms with van der Waals surface area (Å²) in [6.07, 6.45) is -6.62. The molecule has 37 heavy (non-hydrogen) atoms. The van der Waals surface area contributed by atoms with Crippen LogP contribution in [0.4, 0.5) is 38.1 Å². The van der Waals surface area contributed by atoms with Gasteiger partial charge in [0.2, 0.25) is 11.9 Å². The van der Waals surface area contributed by atoms with Gasteiger partial charge in [0.15, 0.2) is 0 Å². The second kappa shape index (κ2) is 10.5. The Morgan fingerprint density at radius 1 is 1.03 bits per heavy atom. The summed E-state index contributed by atoms with van der Waals surface area (Å²) in [5.41, 5.74) is -3.60. The van der Waals surface area contributed by atoms with Gasteiger partial charge in [0.05, 0.1) is 18.2 Å². The fourth-order valence-electron chi connectivity index (χ4n) is 4.22. The van der Waals surface area contributed by atoms with Gasteiger partial charge in [-0.1, -0.05) is 0 Å². The van der Waals surface area contributed by atoms with Crippen molar-refractivity contribution in [2.75, 3.05) is 55.7 Å². The van der Waals surface area contributed by atoms with Gasteiger partial charge in [0.25, 0.3) is 5.56 Å². The van der Waals surface area contributed by atoms with Crippen molar-refractivity contribution < 1.29 is 35.9 Å². The minimum atomic E-state index is -4.81. The Morgan fingerprint density at radius 3 is 2.32 bits per heavy atom. The van der Waals surface area contributed by atoms with Crippen molar-refractivity contribution in [1.82, 2.24) is 25.1 Å². The van der Waals surface area contributed by atoms with E-state index in [4.69, 9.17) is 4.74 Å². The summed E-state index contributed by atoms with van der Waals surface area (Å²) in [5.74, 6) is -0.174. The zero-order chi connectivity index (χ0) is 26.8. The van der Waals surface area contributed by atoms with Gasteiger partial charge in [-0.3, -0.25) is 9.59 Å². The number of H-pyrrole nitrogens is 1. The first-order valence-electron chi connectivity index (χ1n) is 11.4. The van der Waals surface area contributed by atoms with Gasteiger partial charge in [-0.15, -0.1) is 0 Å². The highest BCUT2D eigenvalue weighted by molar-refractivity contribution is 5.77.